The van der Waals surface area contributed by atoms with Crippen molar-refractivity contribution in [3.8, 4) is 23.0 Å². The summed E-state index contributed by atoms with van der Waals surface area (Å²) in [5.41, 5.74) is 1.77. The summed E-state index contributed by atoms with van der Waals surface area (Å²) < 4.78 is 29.8. The Morgan fingerprint density at radius 2 is 1.71 bits per heavy atom. The molecule has 0 fully saturated rings. The second kappa shape index (κ2) is 11.4. The highest BCUT2D eigenvalue weighted by Gasteiger charge is 2.34. The fourth-order valence-electron chi connectivity index (χ4n) is 4.27. The van der Waals surface area contributed by atoms with E-state index in [1.807, 2.05) is 6.07 Å². The molecule has 0 radical (unpaired) electrons. The first-order chi connectivity index (χ1) is 18.3. The summed E-state index contributed by atoms with van der Waals surface area (Å²) in [6, 6.07) is 8.06. The van der Waals surface area contributed by atoms with Gasteiger partial charge in [0.2, 0.25) is 0 Å². The van der Waals surface area contributed by atoms with Crippen LogP contribution in [0.1, 0.15) is 31.0 Å². The van der Waals surface area contributed by atoms with E-state index in [1.54, 1.807) is 65.5 Å². The second-order valence-electron chi connectivity index (χ2n) is 8.15. The van der Waals surface area contributed by atoms with E-state index in [2.05, 4.69) is 20.9 Å². The van der Waals surface area contributed by atoms with Crippen LogP contribution < -0.4 is 33.8 Å². The minimum atomic E-state index is -0.781. The van der Waals surface area contributed by atoms with Crippen molar-refractivity contribution in [1.29, 1.82) is 0 Å². The highest BCUT2D eigenvalue weighted by Crippen LogP contribution is 2.36. The summed E-state index contributed by atoms with van der Waals surface area (Å²) in [4.78, 5) is 32.1. The Hall–Kier alpha value is -3.57. The second-order valence-corrected chi connectivity index (χ2v) is 10.0. The zero-order valence-electron chi connectivity index (χ0n) is 21.8. The number of aromatic nitrogens is 1. The summed E-state index contributed by atoms with van der Waals surface area (Å²) in [5.74, 6) is 1.60. The van der Waals surface area contributed by atoms with Crippen molar-refractivity contribution >= 4 is 39.3 Å². The number of ether oxygens (including phenoxy) is 5. The molecule has 0 saturated carbocycles. The lowest BCUT2D eigenvalue weighted by Gasteiger charge is -2.25. The largest absolute Gasteiger partial charge is 0.496 e. The summed E-state index contributed by atoms with van der Waals surface area (Å²) in [6.45, 7) is 3.65. The number of nitrogens with zero attached hydrogens (tertiary/aromatic N) is 2. The molecule has 4 rings (SSSR count). The Balaban J connectivity index is 1.98. The lowest BCUT2D eigenvalue weighted by molar-refractivity contribution is -0.139. The number of fused-ring (bicyclic) bond motifs is 1. The molecule has 0 bridgehead atoms. The van der Waals surface area contributed by atoms with Gasteiger partial charge in [-0.2, -0.15) is 0 Å². The number of rotatable bonds is 8. The Labute approximate surface area is 231 Å². The normalized spacial score (nSPS) is 15.0. The molecule has 0 spiro atoms. The third-order valence-electron chi connectivity index (χ3n) is 6.03. The zero-order valence-corrected chi connectivity index (χ0v) is 24.2. The van der Waals surface area contributed by atoms with Crippen LogP contribution in [0.2, 0.25) is 0 Å². The molecule has 0 amide bonds. The van der Waals surface area contributed by atoms with Gasteiger partial charge in [0.1, 0.15) is 11.5 Å². The van der Waals surface area contributed by atoms with Crippen molar-refractivity contribution < 1.29 is 28.5 Å². The molecule has 0 saturated heterocycles. The number of carbonyl (C=O) groups is 1. The van der Waals surface area contributed by atoms with Gasteiger partial charge in [-0.1, -0.05) is 17.4 Å². The lowest BCUT2D eigenvalue weighted by Crippen LogP contribution is -2.40. The highest BCUT2D eigenvalue weighted by molar-refractivity contribution is 9.10. The monoisotopic (exact) mass is 602 g/mol. The average Bonchev–Trinajstić information content (AvgIpc) is 3.21. The van der Waals surface area contributed by atoms with E-state index in [1.165, 1.54) is 23.0 Å². The number of esters is 1. The standard InChI is InChI=1S/C27H27BrN2O7S/c1-7-37-26(32)23-14(2)29-27-30(24(23)15-8-9-18(33-3)21(11-15)36-6)25(31)22(38-27)12-16-10-17(28)20(35-5)13-19(16)34-4/h8-13,24H,7H2,1-6H3. The molecule has 38 heavy (non-hydrogen) atoms. The van der Waals surface area contributed by atoms with Gasteiger partial charge in [-0.05, 0) is 59.6 Å². The Morgan fingerprint density at radius 3 is 2.34 bits per heavy atom. The smallest absolute Gasteiger partial charge is 0.338 e. The van der Waals surface area contributed by atoms with Gasteiger partial charge >= 0.3 is 5.97 Å². The van der Waals surface area contributed by atoms with Crippen LogP contribution in [0.15, 0.2) is 55.9 Å². The number of benzene rings is 2. The van der Waals surface area contributed by atoms with E-state index in [-0.39, 0.29) is 17.7 Å². The van der Waals surface area contributed by atoms with Crippen LogP contribution in [0, 0.1) is 0 Å². The van der Waals surface area contributed by atoms with E-state index in [4.69, 9.17) is 23.7 Å². The van der Waals surface area contributed by atoms with E-state index in [9.17, 15) is 9.59 Å². The van der Waals surface area contributed by atoms with Gasteiger partial charge in [-0.3, -0.25) is 9.36 Å². The van der Waals surface area contributed by atoms with Gasteiger partial charge in [0.15, 0.2) is 16.3 Å². The van der Waals surface area contributed by atoms with Crippen molar-refractivity contribution in [1.82, 2.24) is 4.57 Å². The lowest BCUT2D eigenvalue weighted by atomic mass is 9.95. The Morgan fingerprint density at radius 1 is 1.03 bits per heavy atom. The maximum Gasteiger partial charge on any atom is 0.338 e. The molecular weight excluding hydrogens is 576 g/mol. The number of methoxy groups -OCH3 is 4. The number of hydrogen-bond donors (Lipinski definition) is 0. The third kappa shape index (κ3) is 4.95. The number of halogens is 1. The quantitative estimate of drug-likeness (QED) is 0.363. The maximum absolute atomic E-state index is 13.9. The molecule has 0 aliphatic carbocycles. The summed E-state index contributed by atoms with van der Waals surface area (Å²) in [5, 5.41) is 0. The first-order valence-electron chi connectivity index (χ1n) is 11.6. The van der Waals surface area contributed by atoms with Crippen LogP contribution in [0.4, 0.5) is 0 Å². The van der Waals surface area contributed by atoms with Crippen molar-refractivity contribution in [3.63, 3.8) is 0 Å². The minimum Gasteiger partial charge on any atom is -0.496 e. The van der Waals surface area contributed by atoms with E-state index >= 15 is 0 Å². The third-order valence-corrected chi connectivity index (χ3v) is 7.63. The Bertz CT molecular complexity index is 1610. The average molecular weight is 603 g/mol. The van der Waals surface area contributed by atoms with Crippen LogP contribution in [-0.2, 0) is 9.53 Å². The zero-order chi connectivity index (χ0) is 27.6. The molecule has 200 valence electrons. The fraction of sp³-hybridized carbons (Fsp3) is 0.296. The number of carbonyl (C=O) groups excluding carboxylic acids is 1. The fourth-order valence-corrected chi connectivity index (χ4v) is 5.83. The molecular formula is C27H27BrN2O7S. The molecule has 1 aromatic heterocycles. The van der Waals surface area contributed by atoms with E-state index < -0.39 is 12.0 Å². The van der Waals surface area contributed by atoms with Gasteiger partial charge in [-0.25, -0.2) is 9.79 Å². The summed E-state index contributed by atoms with van der Waals surface area (Å²) >= 11 is 4.71. The predicted molar refractivity (Wildman–Crippen MR) is 147 cm³/mol. The van der Waals surface area contributed by atoms with Crippen LogP contribution in [0.3, 0.4) is 0 Å². The molecule has 3 aromatic rings. The molecule has 0 N–H and O–H groups in total. The van der Waals surface area contributed by atoms with E-state index in [0.29, 0.717) is 53.6 Å². The molecule has 11 heteroatoms. The highest BCUT2D eigenvalue weighted by atomic mass is 79.9. The minimum absolute atomic E-state index is 0.185. The van der Waals surface area contributed by atoms with Crippen LogP contribution in [0.25, 0.3) is 6.08 Å². The van der Waals surface area contributed by atoms with Gasteiger partial charge in [0, 0.05) is 11.6 Å². The molecule has 1 aliphatic heterocycles. The first kappa shape index (κ1) is 27.5. The number of thiazole rings is 1. The summed E-state index contributed by atoms with van der Waals surface area (Å²) in [7, 11) is 6.18. The molecule has 1 atom stereocenters. The van der Waals surface area contributed by atoms with Crippen molar-refractivity contribution in [2.24, 2.45) is 4.99 Å². The molecule has 1 unspecified atom stereocenters. The van der Waals surface area contributed by atoms with Crippen LogP contribution in [0.5, 0.6) is 23.0 Å². The van der Waals surface area contributed by atoms with Crippen LogP contribution in [-0.4, -0.2) is 45.6 Å². The summed E-state index contributed by atoms with van der Waals surface area (Å²) in [6.07, 6.45) is 1.74. The van der Waals surface area contributed by atoms with Crippen molar-refractivity contribution in [2.75, 3.05) is 35.0 Å². The van der Waals surface area contributed by atoms with Gasteiger partial charge in [0.05, 0.1) is 61.4 Å². The Kier molecular flexibility index (Phi) is 8.27. The molecule has 9 nitrogen and oxygen atoms in total. The van der Waals surface area contributed by atoms with Crippen molar-refractivity contribution in [2.45, 2.75) is 19.9 Å². The van der Waals surface area contributed by atoms with Crippen LogP contribution >= 0.6 is 27.3 Å². The number of allylic oxidation sites excluding steroid dienone is 1. The predicted octanol–water partition coefficient (Wildman–Crippen LogP) is 3.60. The molecule has 2 heterocycles. The van der Waals surface area contributed by atoms with Gasteiger partial charge in [-0.15, -0.1) is 0 Å². The molecule has 1 aliphatic rings. The van der Waals surface area contributed by atoms with Gasteiger partial charge in [0.25, 0.3) is 5.56 Å². The molecule has 2 aromatic carbocycles. The maximum atomic E-state index is 13.9. The van der Waals surface area contributed by atoms with Crippen molar-refractivity contribution in [3.05, 3.63) is 76.9 Å². The van der Waals surface area contributed by atoms with E-state index in [0.717, 1.165) is 0 Å². The topological polar surface area (TPSA) is 97.6 Å². The first-order valence-corrected chi connectivity index (χ1v) is 13.2. The number of hydrogen-bond acceptors (Lipinski definition) is 9. The SMILES string of the molecule is CCOC(=O)C1=C(C)N=c2sc(=Cc3cc(Br)c(OC)cc3OC)c(=O)n2C1c1ccc(OC)c(OC)c1. The van der Waals surface area contributed by atoms with Gasteiger partial charge < -0.3 is 23.7 Å².